The molecule has 114 valence electrons. The molecule has 0 aromatic heterocycles. The van der Waals surface area contributed by atoms with Crippen LogP contribution in [0, 0.1) is 5.82 Å². The van der Waals surface area contributed by atoms with Gasteiger partial charge in [-0.25, -0.2) is 4.39 Å². The number of fused-ring (bicyclic) bond motifs is 1. The van der Waals surface area contributed by atoms with Crippen molar-refractivity contribution in [2.24, 2.45) is 0 Å². The molecular formula is C16H20BrFN2O. The van der Waals surface area contributed by atoms with Gasteiger partial charge in [-0.1, -0.05) is 6.42 Å². The van der Waals surface area contributed by atoms with Crippen molar-refractivity contribution in [3.8, 4) is 0 Å². The minimum Gasteiger partial charge on any atom is -0.333 e. The Morgan fingerprint density at radius 2 is 2.14 bits per heavy atom. The normalized spacial score (nSPS) is 26.5. The van der Waals surface area contributed by atoms with Gasteiger partial charge in [-0.15, -0.1) is 0 Å². The van der Waals surface area contributed by atoms with E-state index in [0.717, 1.165) is 26.1 Å². The Morgan fingerprint density at radius 1 is 1.33 bits per heavy atom. The van der Waals surface area contributed by atoms with Crippen molar-refractivity contribution in [2.75, 3.05) is 19.6 Å². The van der Waals surface area contributed by atoms with Crippen LogP contribution in [0.3, 0.4) is 0 Å². The Hall–Kier alpha value is -0.940. The van der Waals surface area contributed by atoms with Crippen LogP contribution in [-0.4, -0.2) is 47.4 Å². The van der Waals surface area contributed by atoms with Crippen molar-refractivity contribution in [1.82, 2.24) is 9.80 Å². The van der Waals surface area contributed by atoms with E-state index in [2.05, 4.69) is 27.8 Å². The van der Waals surface area contributed by atoms with Crippen molar-refractivity contribution in [3.05, 3.63) is 34.1 Å². The first kappa shape index (κ1) is 15.0. The molecule has 2 fully saturated rings. The molecule has 2 aliphatic heterocycles. The Labute approximate surface area is 133 Å². The highest BCUT2D eigenvalue weighted by molar-refractivity contribution is 9.10. The van der Waals surface area contributed by atoms with Crippen molar-refractivity contribution < 1.29 is 9.18 Å². The van der Waals surface area contributed by atoms with Crippen LogP contribution >= 0.6 is 15.9 Å². The average molecular weight is 355 g/mol. The highest BCUT2D eigenvalue weighted by atomic mass is 79.9. The second-order valence-electron chi connectivity index (χ2n) is 6.08. The molecule has 2 saturated heterocycles. The highest BCUT2D eigenvalue weighted by Crippen LogP contribution is 2.26. The summed E-state index contributed by atoms with van der Waals surface area (Å²) < 4.78 is 14.0. The standard InChI is InChI=1S/C16H20BrFN2O/c1-11-9-19-7-3-2-4-13(19)10-20(11)16(21)12-5-6-14(17)15(18)8-12/h5-6,8,11,13H,2-4,7,9-10H2,1H3. The number of nitrogens with zero attached hydrogens (tertiary/aromatic N) is 2. The molecule has 2 heterocycles. The van der Waals surface area contributed by atoms with Gasteiger partial charge in [-0.05, 0) is 60.4 Å². The summed E-state index contributed by atoms with van der Waals surface area (Å²) in [6.07, 6.45) is 3.66. The van der Waals surface area contributed by atoms with Crippen molar-refractivity contribution in [3.63, 3.8) is 0 Å². The van der Waals surface area contributed by atoms with Gasteiger partial charge in [-0.3, -0.25) is 9.69 Å². The second-order valence-corrected chi connectivity index (χ2v) is 6.93. The molecule has 0 N–H and O–H groups in total. The number of carbonyl (C=O) groups is 1. The zero-order chi connectivity index (χ0) is 15.0. The molecule has 5 heteroatoms. The van der Waals surface area contributed by atoms with Crippen LogP contribution in [0.5, 0.6) is 0 Å². The quantitative estimate of drug-likeness (QED) is 0.772. The number of piperidine rings is 1. The Morgan fingerprint density at radius 3 is 2.90 bits per heavy atom. The van der Waals surface area contributed by atoms with E-state index in [-0.39, 0.29) is 17.8 Å². The van der Waals surface area contributed by atoms with E-state index in [0.29, 0.717) is 16.1 Å². The number of carbonyl (C=O) groups excluding carboxylic acids is 1. The van der Waals surface area contributed by atoms with Gasteiger partial charge in [0.25, 0.3) is 5.91 Å². The molecule has 0 radical (unpaired) electrons. The monoisotopic (exact) mass is 354 g/mol. The minimum absolute atomic E-state index is 0.0564. The summed E-state index contributed by atoms with van der Waals surface area (Å²) in [7, 11) is 0. The van der Waals surface area contributed by atoms with E-state index in [4.69, 9.17) is 0 Å². The van der Waals surface area contributed by atoms with Gasteiger partial charge in [0, 0.05) is 30.7 Å². The first-order valence-corrected chi connectivity index (χ1v) is 8.35. The number of benzene rings is 1. The molecule has 1 aromatic carbocycles. The third-order valence-corrected chi connectivity index (χ3v) is 5.26. The fraction of sp³-hybridized carbons (Fsp3) is 0.562. The van der Waals surface area contributed by atoms with Gasteiger partial charge in [-0.2, -0.15) is 0 Å². The molecule has 2 unspecified atom stereocenters. The van der Waals surface area contributed by atoms with Gasteiger partial charge < -0.3 is 4.90 Å². The fourth-order valence-corrected chi connectivity index (χ4v) is 3.68. The zero-order valence-electron chi connectivity index (χ0n) is 12.2. The molecule has 0 saturated carbocycles. The number of rotatable bonds is 1. The molecule has 21 heavy (non-hydrogen) atoms. The summed E-state index contributed by atoms with van der Waals surface area (Å²) in [5.74, 6) is -0.441. The molecule has 3 rings (SSSR count). The summed E-state index contributed by atoms with van der Waals surface area (Å²) >= 11 is 3.13. The van der Waals surface area contributed by atoms with E-state index < -0.39 is 0 Å². The lowest BCUT2D eigenvalue weighted by Crippen LogP contribution is -2.60. The second kappa shape index (κ2) is 6.05. The van der Waals surface area contributed by atoms with E-state index in [9.17, 15) is 9.18 Å². The lowest BCUT2D eigenvalue weighted by molar-refractivity contribution is 0.0151. The summed E-state index contributed by atoms with van der Waals surface area (Å²) in [6.45, 7) is 4.91. The van der Waals surface area contributed by atoms with Crippen molar-refractivity contribution in [1.29, 1.82) is 0 Å². The first-order chi connectivity index (χ1) is 10.1. The molecule has 0 spiro atoms. The number of amides is 1. The van der Waals surface area contributed by atoms with Gasteiger partial charge in [0.15, 0.2) is 0 Å². The maximum absolute atomic E-state index is 13.6. The van der Waals surface area contributed by atoms with Crippen LogP contribution in [0.1, 0.15) is 36.5 Å². The predicted octanol–water partition coefficient (Wildman–Crippen LogP) is 3.29. The van der Waals surface area contributed by atoms with E-state index in [1.165, 1.54) is 18.9 Å². The Balaban J connectivity index is 1.78. The number of hydrogen-bond acceptors (Lipinski definition) is 2. The molecule has 0 bridgehead atoms. The average Bonchev–Trinajstić information content (AvgIpc) is 2.48. The third-order valence-electron chi connectivity index (χ3n) is 4.61. The van der Waals surface area contributed by atoms with Crippen LogP contribution in [-0.2, 0) is 0 Å². The lowest BCUT2D eigenvalue weighted by Gasteiger charge is -2.47. The summed E-state index contributed by atoms with van der Waals surface area (Å²) in [4.78, 5) is 17.1. The van der Waals surface area contributed by atoms with Crippen LogP contribution in [0.4, 0.5) is 4.39 Å². The molecule has 1 aromatic rings. The van der Waals surface area contributed by atoms with Crippen LogP contribution < -0.4 is 0 Å². The van der Waals surface area contributed by atoms with E-state index >= 15 is 0 Å². The molecule has 0 aliphatic carbocycles. The third kappa shape index (κ3) is 2.99. The SMILES string of the molecule is CC1CN2CCCCC2CN1C(=O)c1ccc(Br)c(F)c1. The van der Waals surface area contributed by atoms with E-state index in [1.807, 2.05) is 4.90 Å². The summed E-state index contributed by atoms with van der Waals surface area (Å²) in [6, 6.07) is 5.27. The summed E-state index contributed by atoms with van der Waals surface area (Å²) in [5.41, 5.74) is 0.437. The number of hydrogen-bond donors (Lipinski definition) is 0. The van der Waals surface area contributed by atoms with Crippen LogP contribution in [0.15, 0.2) is 22.7 Å². The van der Waals surface area contributed by atoms with Crippen molar-refractivity contribution in [2.45, 2.75) is 38.3 Å². The Kier molecular flexibility index (Phi) is 4.31. The first-order valence-electron chi connectivity index (χ1n) is 7.56. The summed E-state index contributed by atoms with van der Waals surface area (Å²) in [5, 5.41) is 0. The maximum atomic E-state index is 13.6. The lowest BCUT2D eigenvalue weighted by atomic mass is 9.96. The van der Waals surface area contributed by atoms with Crippen LogP contribution in [0.2, 0.25) is 0 Å². The molecule has 2 atom stereocenters. The highest BCUT2D eigenvalue weighted by Gasteiger charge is 2.35. The minimum atomic E-state index is -0.384. The predicted molar refractivity (Wildman–Crippen MR) is 83.8 cm³/mol. The van der Waals surface area contributed by atoms with Gasteiger partial charge in [0.2, 0.25) is 0 Å². The topological polar surface area (TPSA) is 23.6 Å². The molecule has 3 nitrogen and oxygen atoms in total. The van der Waals surface area contributed by atoms with Gasteiger partial charge in [0.05, 0.1) is 4.47 Å². The Bertz CT molecular complexity index is 551. The number of halogens is 2. The van der Waals surface area contributed by atoms with Crippen molar-refractivity contribution >= 4 is 21.8 Å². The zero-order valence-corrected chi connectivity index (χ0v) is 13.8. The maximum Gasteiger partial charge on any atom is 0.254 e. The molecule has 2 aliphatic rings. The van der Waals surface area contributed by atoms with Gasteiger partial charge >= 0.3 is 0 Å². The fourth-order valence-electron chi connectivity index (χ4n) is 3.43. The molecular weight excluding hydrogens is 335 g/mol. The number of piperazine rings is 1. The van der Waals surface area contributed by atoms with Gasteiger partial charge in [0.1, 0.15) is 5.82 Å². The van der Waals surface area contributed by atoms with Crippen LogP contribution in [0.25, 0.3) is 0 Å². The smallest absolute Gasteiger partial charge is 0.254 e. The molecule has 1 amide bonds. The van der Waals surface area contributed by atoms with E-state index in [1.54, 1.807) is 12.1 Å². The largest absolute Gasteiger partial charge is 0.333 e.